The molecule has 0 amide bonds. The van der Waals surface area contributed by atoms with Gasteiger partial charge in [-0.25, -0.2) is 12.8 Å². The number of rotatable bonds is 2. The van der Waals surface area contributed by atoms with Gasteiger partial charge in [0.05, 0.1) is 21.0 Å². The summed E-state index contributed by atoms with van der Waals surface area (Å²) in [6, 6.07) is 8.25. The summed E-state index contributed by atoms with van der Waals surface area (Å²) in [6.07, 6.45) is 0. The molecule has 0 radical (unpaired) electrons. The number of halogens is 2. The van der Waals surface area contributed by atoms with E-state index in [2.05, 4.69) is 15.9 Å². The van der Waals surface area contributed by atoms with Crippen molar-refractivity contribution < 1.29 is 17.5 Å². The van der Waals surface area contributed by atoms with Gasteiger partial charge in [0, 0.05) is 18.7 Å². The molecular formula is C15H8BrFN2O3S2. The van der Waals surface area contributed by atoms with Gasteiger partial charge in [0.25, 0.3) is 10.0 Å². The van der Waals surface area contributed by atoms with Crippen LogP contribution < -0.4 is 4.74 Å². The molecule has 2 aromatic rings. The van der Waals surface area contributed by atoms with Crippen molar-refractivity contribution in [3.63, 3.8) is 0 Å². The van der Waals surface area contributed by atoms with Gasteiger partial charge in [-0.2, -0.15) is 5.26 Å². The molecule has 0 saturated carbocycles. The summed E-state index contributed by atoms with van der Waals surface area (Å²) in [4.78, 5) is 0.213. The maximum absolute atomic E-state index is 13.5. The monoisotopic (exact) mass is 426 g/mol. The van der Waals surface area contributed by atoms with Crippen LogP contribution in [-0.2, 0) is 10.0 Å². The van der Waals surface area contributed by atoms with E-state index in [4.69, 9.17) is 22.2 Å². The lowest BCUT2D eigenvalue weighted by Crippen LogP contribution is -2.24. The molecule has 1 aliphatic heterocycles. The second-order valence-corrected chi connectivity index (χ2v) is 8.04. The fourth-order valence-corrected chi connectivity index (χ4v) is 5.01. The number of nitrogens with zero attached hydrogens (tertiary/aromatic N) is 2. The molecule has 3 rings (SSSR count). The molecule has 24 heavy (non-hydrogen) atoms. The van der Waals surface area contributed by atoms with E-state index in [9.17, 15) is 12.8 Å². The van der Waals surface area contributed by atoms with Crippen LogP contribution in [-0.4, -0.2) is 24.8 Å². The first kappa shape index (κ1) is 16.8. The van der Waals surface area contributed by atoms with Crippen LogP contribution in [0.1, 0.15) is 11.1 Å². The van der Waals surface area contributed by atoms with Crippen LogP contribution in [0.2, 0.25) is 0 Å². The van der Waals surface area contributed by atoms with E-state index >= 15 is 0 Å². The third-order valence-corrected chi connectivity index (χ3v) is 6.62. The van der Waals surface area contributed by atoms with Gasteiger partial charge in [-0.15, -0.1) is 0 Å². The maximum Gasteiger partial charge on any atom is 0.265 e. The Hall–Kier alpha value is -2.02. The number of fused-ring (bicyclic) bond motifs is 1. The van der Waals surface area contributed by atoms with E-state index in [-0.39, 0.29) is 26.9 Å². The number of ether oxygens (including phenoxy) is 1. The van der Waals surface area contributed by atoms with E-state index in [1.807, 2.05) is 6.07 Å². The zero-order chi connectivity index (χ0) is 17.6. The van der Waals surface area contributed by atoms with Crippen LogP contribution in [0.3, 0.4) is 0 Å². The highest BCUT2D eigenvalue weighted by Crippen LogP contribution is 2.41. The first-order valence-electron chi connectivity index (χ1n) is 6.50. The average Bonchev–Trinajstić information content (AvgIpc) is 2.70. The SMILES string of the molecule is CN1C(=S)c2c(ccc(Oc3cc(F)cc(C#N)c3)c2Br)S1(=O)=O. The molecule has 9 heteroatoms. The quantitative estimate of drug-likeness (QED) is 0.686. The Morgan fingerprint density at radius 2 is 2.04 bits per heavy atom. The van der Waals surface area contributed by atoms with Crippen molar-refractivity contribution in [3.05, 3.63) is 51.7 Å². The van der Waals surface area contributed by atoms with E-state index in [0.29, 0.717) is 10.0 Å². The molecule has 0 saturated heterocycles. The molecule has 0 aliphatic carbocycles. The Morgan fingerprint density at radius 3 is 2.71 bits per heavy atom. The molecule has 1 heterocycles. The largest absolute Gasteiger partial charge is 0.456 e. The lowest BCUT2D eigenvalue weighted by molar-refractivity contribution is 0.473. The molecular weight excluding hydrogens is 419 g/mol. The van der Waals surface area contributed by atoms with Crippen molar-refractivity contribution >= 4 is 43.2 Å². The number of thiocarbonyl (C=S) groups is 1. The van der Waals surface area contributed by atoms with Crippen molar-refractivity contribution in [2.24, 2.45) is 0 Å². The van der Waals surface area contributed by atoms with Gasteiger partial charge in [0.2, 0.25) is 0 Å². The number of benzene rings is 2. The molecule has 2 aromatic carbocycles. The van der Waals surface area contributed by atoms with Crippen molar-refractivity contribution in [3.8, 4) is 17.6 Å². The van der Waals surface area contributed by atoms with Crippen molar-refractivity contribution in [1.29, 1.82) is 5.26 Å². The zero-order valence-electron chi connectivity index (χ0n) is 12.1. The molecule has 122 valence electrons. The lowest BCUT2D eigenvalue weighted by atomic mass is 10.2. The number of hydrogen-bond donors (Lipinski definition) is 0. The lowest BCUT2D eigenvalue weighted by Gasteiger charge is -2.10. The van der Waals surface area contributed by atoms with Gasteiger partial charge in [-0.3, -0.25) is 4.31 Å². The molecule has 0 bridgehead atoms. The summed E-state index contributed by atoms with van der Waals surface area (Å²) in [5.74, 6) is -0.234. The summed E-state index contributed by atoms with van der Waals surface area (Å²) in [5, 5.41) is 8.88. The van der Waals surface area contributed by atoms with Crippen LogP contribution in [0.5, 0.6) is 11.5 Å². The van der Waals surface area contributed by atoms with Crippen LogP contribution in [0.15, 0.2) is 39.7 Å². The van der Waals surface area contributed by atoms with Gasteiger partial charge in [-0.1, -0.05) is 12.2 Å². The van der Waals surface area contributed by atoms with Gasteiger partial charge < -0.3 is 4.74 Å². The van der Waals surface area contributed by atoms with Crippen LogP contribution >= 0.6 is 28.1 Å². The van der Waals surface area contributed by atoms with Crippen molar-refractivity contribution in [1.82, 2.24) is 4.31 Å². The average molecular weight is 427 g/mol. The Balaban J connectivity index is 2.09. The number of sulfonamides is 1. The molecule has 0 unspecified atom stereocenters. The van der Waals surface area contributed by atoms with Crippen LogP contribution in [0.4, 0.5) is 4.39 Å². The minimum Gasteiger partial charge on any atom is -0.456 e. The summed E-state index contributed by atoms with van der Waals surface area (Å²) >= 11 is 8.48. The predicted molar refractivity (Wildman–Crippen MR) is 92.0 cm³/mol. The molecule has 5 nitrogen and oxygen atoms in total. The molecule has 0 N–H and O–H groups in total. The van der Waals surface area contributed by atoms with Crippen LogP contribution in [0, 0.1) is 17.1 Å². The molecule has 0 spiro atoms. The zero-order valence-corrected chi connectivity index (χ0v) is 15.3. The molecule has 0 fully saturated rings. The third kappa shape index (κ3) is 2.56. The standard InChI is InChI=1S/C15H8BrFN2O3S2/c1-19-15(23)13-12(24(19,20)21)3-2-11(14(13)16)22-10-5-8(7-18)4-9(17)6-10/h2-6H,1H3. The number of nitriles is 1. The first-order valence-corrected chi connectivity index (χ1v) is 9.14. The smallest absolute Gasteiger partial charge is 0.265 e. The highest BCUT2D eigenvalue weighted by molar-refractivity contribution is 9.10. The third-order valence-electron chi connectivity index (χ3n) is 3.43. The van der Waals surface area contributed by atoms with Crippen molar-refractivity contribution in [2.45, 2.75) is 4.90 Å². The fourth-order valence-electron chi connectivity index (χ4n) is 2.26. The number of hydrogen-bond acceptors (Lipinski definition) is 5. The molecule has 1 aliphatic rings. The Morgan fingerprint density at radius 1 is 1.33 bits per heavy atom. The minimum absolute atomic E-state index is 0.0752. The molecule has 0 aromatic heterocycles. The second-order valence-electron chi connectivity index (χ2n) is 4.92. The van der Waals surface area contributed by atoms with E-state index in [0.717, 1.165) is 16.4 Å². The summed E-state index contributed by atoms with van der Waals surface area (Å²) in [6.45, 7) is 0. The summed E-state index contributed by atoms with van der Waals surface area (Å²) < 4.78 is 44.9. The van der Waals surface area contributed by atoms with Gasteiger partial charge >= 0.3 is 0 Å². The highest BCUT2D eigenvalue weighted by atomic mass is 79.9. The molecule has 0 atom stereocenters. The van der Waals surface area contributed by atoms with E-state index in [1.165, 1.54) is 25.2 Å². The van der Waals surface area contributed by atoms with E-state index < -0.39 is 15.8 Å². The summed E-state index contributed by atoms with van der Waals surface area (Å²) in [7, 11) is -2.29. The maximum atomic E-state index is 13.5. The Bertz CT molecular complexity index is 1030. The first-order chi connectivity index (χ1) is 11.3. The topological polar surface area (TPSA) is 70.4 Å². The van der Waals surface area contributed by atoms with E-state index in [1.54, 1.807) is 0 Å². The minimum atomic E-state index is -3.66. The highest BCUT2D eigenvalue weighted by Gasteiger charge is 2.38. The van der Waals surface area contributed by atoms with Gasteiger partial charge in [0.15, 0.2) is 0 Å². The summed E-state index contributed by atoms with van der Waals surface area (Å²) in [5.41, 5.74) is 0.432. The normalized spacial score (nSPS) is 15.1. The van der Waals surface area contributed by atoms with Crippen molar-refractivity contribution in [2.75, 3.05) is 7.05 Å². The Kier molecular flexibility index (Phi) is 4.07. The fraction of sp³-hybridized carbons (Fsp3) is 0.0667. The second kappa shape index (κ2) is 5.81. The predicted octanol–water partition coefficient (Wildman–Crippen LogP) is 3.56. The Labute approximate surface area is 151 Å². The van der Waals surface area contributed by atoms with Gasteiger partial charge in [-0.05, 0) is 40.2 Å². The van der Waals surface area contributed by atoms with Crippen LogP contribution in [0.25, 0.3) is 0 Å². The van der Waals surface area contributed by atoms with Gasteiger partial charge in [0.1, 0.15) is 22.3 Å².